The van der Waals surface area contributed by atoms with E-state index in [-0.39, 0.29) is 12.5 Å². The highest BCUT2D eigenvalue weighted by Crippen LogP contribution is 2.13. The van der Waals surface area contributed by atoms with Crippen LogP contribution in [0.2, 0.25) is 0 Å². The van der Waals surface area contributed by atoms with Gasteiger partial charge in [-0.25, -0.2) is 4.98 Å². The minimum absolute atomic E-state index is 0.196. The molecule has 2 aromatic rings. The van der Waals surface area contributed by atoms with Gasteiger partial charge in [0.1, 0.15) is 18.2 Å². The number of terminal acetylenes is 1. The van der Waals surface area contributed by atoms with Crippen molar-refractivity contribution < 1.29 is 9.53 Å². The molecule has 0 aliphatic carbocycles. The second-order valence-corrected chi connectivity index (χ2v) is 4.15. The molecule has 0 saturated carbocycles. The first-order chi connectivity index (χ1) is 9.70. The molecule has 0 radical (unpaired) electrons. The molecule has 0 atom stereocenters. The van der Waals surface area contributed by atoms with E-state index in [0.717, 1.165) is 5.82 Å². The number of benzene rings is 1. The molecule has 5 nitrogen and oxygen atoms in total. The van der Waals surface area contributed by atoms with Crippen molar-refractivity contribution in [2.75, 3.05) is 6.54 Å². The largest absolute Gasteiger partial charge is 0.486 e. The predicted molar refractivity (Wildman–Crippen MR) is 75.1 cm³/mol. The molecular formula is C15H15N3O2. The maximum Gasteiger partial charge on any atom is 0.252 e. The van der Waals surface area contributed by atoms with Crippen LogP contribution in [0.4, 0.5) is 0 Å². The fraction of sp³-hybridized carbons (Fsp3) is 0.200. The molecule has 0 saturated heterocycles. The van der Waals surface area contributed by atoms with Crippen LogP contribution in [-0.4, -0.2) is 22.0 Å². The van der Waals surface area contributed by atoms with E-state index in [1.54, 1.807) is 30.5 Å². The van der Waals surface area contributed by atoms with Gasteiger partial charge in [0.05, 0.1) is 6.54 Å². The fourth-order valence-electron chi connectivity index (χ4n) is 1.62. The topological polar surface area (TPSA) is 56.1 Å². The summed E-state index contributed by atoms with van der Waals surface area (Å²) in [7, 11) is 1.91. The molecular weight excluding hydrogens is 254 g/mol. The first kappa shape index (κ1) is 13.7. The van der Waals surface area contributed by atoms with Gasteiger partial charge in [-0.05, 0) is 24.3 Å². The van der Waals surface area contributed by atoms with E-state index in [4.69, 9.17) is 11.2 Å². The average Bonchev–Trinajstić information content (AvgIpc) is 2.88. The van der Waals surface area contributed by atoms with Crippen molar-refractivity contribution in [3.8, 4) is 18.1 Å². The van der Waals surface area contributed by atoms with Crippen LogP contribution in [0.1, 0.15) is 16.2 Å². The maximum absolute atomic E-state index is 11.6. The van der Waals surface area contributed by atoms with Crippen molar-refractivity contribution in [3.05, 3.63) is 48.0 Å². The van der Waals surface area contributed by atoms with Crippen molar-refractivity contribution in [1.82, 2.24) is 14.9 Å². The number of amides is 1. The first-order valence-corrected chi connectivity index (χ1v) is 6.11. The minimum Gasteiger partial charge on any atom is -0.486 e. The van der Waals surface area contributed by atoms with Gasteiger partial charge in [-0.3, -0.25) is 4.79 Å². The van der Waals surface area contributed by atoms with Crippen molar-refractivity contribution in [3.63, 3.8) is 0 Å². The third-order valence-electron chi connectivity index (χ3n) is 2.76. The fourth-order valence-corrected chi connectivity index (χ4v) is 1.62. The molecule has 0 aliphatic heterocycles. The number of ether oxygens (including phenoxy) is 1. The van der Waals surface area contributed by atoms with E-state index < -0.39 is 0 Å². The lowest BCUT2D eigenvalue weighted by Gasteiger charge is -2.07. The molecule has 0 fully saturated rings. The van der Waals surface area contributed by atoms with Crippen LogP contribution in [0.3, 0.4) is 0 Å². The van der Waals surface area contributed by atoms with Crippen LogP contribution in [-0.2, 0) is 13.7 Å². The second kappa shape index (κ2) is 6.43. The van der Waals surface area contributed by atoms with Gasteiger partial charge in [0.25, 0.3) is 5.91 Å². The smallest absolute Gasteiger partial charge is 0.252 e. The molecule has 1 heterocycles. The number of carbonyl (C=O) groups is 1. The standard InChI is InChI=1S/C15H15N3O2/c1-3-8-17-15(19)12-4-6-13(7-5-12)20-11-14-16-9-10-18(14)2/h1,4-7,9-10H,8,11H2,2H3,(H,17,19). The van der Waals surface area contributed by atoms with Gasteiger partial charge in [0.2, 0.25) is 0 Å². The number of imidazole rings is 1. The zero-order chi connectivity index (χ0) is 14.4. The molecule has 1 amide bonds. The van der Waals surface area contributed by atoms with Crippen LogP contribution < -0.4 is 10.1 Å². The Morgan fingerprint density at radius 3 is 2.80 bits per heavy atom. The number of hydrogen-bond acceptors (Lipinski definition) is 3. The lowest BCUT2D eigenvalue weighted by molar-refractivity contribution is 0.0958. The summed E-state index contributed by atoms with van der Waals surface area (Å²) in [6.07, 6.45) is 8.66. The van der Waals surface area contributed by atoms with E-state index in [1.807, 2.05) is 17.8 Å². The van der Waals surface area contributed by atoms with Crippen molar-refractivity contribution in [1.29, 1.82) is 0 Å². The third-order valence-corrected chi connectivity index (χ3v) is 2.76. The Balaban J connectivity index is 1.93. The molecule has 0 spiro atoms. The van der Waals surface area contributed by atoms with Crippen molar-refractivity contribution >= 4 is 5.91 Å². The first-order valence-electron chi connectivity index (χ1n) is 6.11. The summed E-state index contributed by atoms with van der Waals surface area (Å²) < 4.78 is 7.49. The van der Waals surface area contributed by atoms with E-state index in [0.29, 0.717) is 17.9 Å². The Kier molecular flexibility index (Phi) is 4.40. The lowest BCUT2D eigenvalue weighted by atomic mass is 10.2. The average molecular weight is 269 g/mol. The number of hydrogen-bond donors (Lipinski definition) is 1. The zero-order valence-electron chi connectivity index (χ0n) is 11.2. The lowest BCUT2D eigenvalue weighted by Crippen LogP contribution is -2.23. The molecule has 102 valence electrons. The summed E-state index contributed by atoms with van der Waals surface area (Å²) in [6.45, 7) is 0.600. The van der Waals surface area contributed by atoms with Gasteiger partial charge in [-0.15, -0.1) is 6.42 Å². The highest BCUT2D eigenvalue weighted by Gasteiger charge is 2.05. The van der Waals surface area contributed by atoms with Crippen LogP contribution in [0, 0.1) is 12.3 Å². The minimum atomic E-state index is -0.196. The van der Waals surface area contributed by atoms with Gasteiger partial charge >= 0.3 is 0 Å². The quantitative estimate of drug-likeness (QED) is 0.834. The van der Waals surface area contributed by atoms with Gasteiger partial charge < -0.3 is 14.6 Å². The number of carbonyl (C=O) groups excluding carboxylic acids is 1. The highest BCUT2D eigenvalue weighted by molar-refractivity contribution is 5.94. The monoisotopic (exact) mass is 269 g/mol. The van der Waals surface area contributed by atoms with Crippen LogP contribution in [0.15, 0.2) is 36.7 Å². The molecule has 2 rings (SSSR count). The summed E-state index contributed by atoms with van der Waals surface area (Å²) in [5.74, 6) is 3.68. The summed E-state index contributed by atoms with van der Waals surface area (Å²) in [4.78, 5) is 15.8. The summed E-state index contributed by atoms with van der Waals surface area (Å²) in [5.41, 5.74) is 0.546. The maximum atomic E-state index is 11.6. The molecule has 1 N–H and O–H groups in total. The van der Waals surface area contributed by atoms with Gasteiger partial charge in [-0.2, -0.15) is 0 Å². The molecule has 0 aliphatic rings. The van der Waals surface area contributed by atoms with Crippen molar-refractivity contribution in [2.45, 2.75) is 6.61 Å². The van der Waals surface area contributed by atoms with E-state index in [9.17, 15) is 4.79 Å². The number of aromatic nitrogens is 2. The third kappa shape index (κ3) is 3.39. The van der Waals surface area contributed by atoms with Gasteiger partial charge in [-0.1, -0.05) is 5.92 Å². The predicted octanol–water partition coefficient (Wildman–Crippen LogP) is 1.36. The summed E-state index contributed by atoms with van der Waals surface area (Å²) in [5, 5.41) is 2.60. The Labute approximate surface area is 117 Å². The Morgan fingerprint density at radius 1 is 1.45 bits per heavy atom. The normalized spacial score (nSPS) is 9.80. The molecule has 0 unspecified atom stereocenters. The van der Waals surface area contributed by atoms with Crippen LogP contribution >= 0.6 is 0 Å². The van der Waals surface area contributed by atoms with Crippen molar-refractivity contribution in [2.24, 2.45) is 7.05 Å². The van der Waals surface area contributed by atoms with Crippen LogP contribution in [0.25, 0.3) is 0 Å². The molecule has 5 heteroatoms. The number of nitrogens with one attached hydrogen (secondary N) is 1. The summed E-state index contributed by atoms with van der Waals surface area (Å²) >= 11 is 0. The second-order valence-electron chi connectivity index (χ2n) is 4.15. The number of rotatable bonds is 5. The highest BCUT2D eigenvalue weighted by atomic mass is 16.5. The molecule has 20 heavy (non-hydrogen) atoms. The van der Waals surface area contributed by atoms with E-state index >= 15 is 0 Å². The Hall–Kier alpha value is -2.74. The van der Waals surface area contributed by atoms with Gasteiger partial charge in [0.15, 0.2) is 0 Å². The molecule has 0 bridgehead atoms. The summed E-state index contributed by atoms with van der Waals surface area (Å²) in [6, 6.07) is 6.88. The Bertz CT molecular complexity index is 623. The van der Waals surface area contributed by atoms with Crippen LogP contribution in [0.5, 0.6) is 5.75 Å². The number of aryl methyl sites for hydroxylation is 1. The van der Waals surface area contributed by atoms with Gasteiger partial charge in [0, 0.05) is 25.0 Å². The van der Waals surface area contributed by atoms with E-state index in [2.05, 4.69) is 16.2 Å². The SMILES string of the molecule is C#CCNC(=O)c1ccc(OCc2nccn2C)cc1. The molecule has 1 aromatic carbocycles. The van der Waals surface area contributed by atoms with E-state index in [1.165, 1.54) is 0 Å². The molecule has 1 aromatic heterocycles. The Morgan fingerprint density at radius 2 is 2.20 bits per heavy atom. The number of nitrogens with zero attached hydrogens (tertiary/aromatic N) is 2. The zero-order valence-corrected chi connectivity index (χ0v) is 11.2.